The lowest BCUT2D eigenvalue weighted by Crippen LogP contribution is -3.12. The number of furan rings is 1. The zero-order chi connectivity index (χ0) is 17.7. The first-order valence-corrected chi connectivity index (χ1v) is 7.40. The topological polar surface area (TPSA) is 99.0 Å². The van der Waals surface area contributed by atoms with Crippen LogP contribution in [-0.4, -0.2) is 31.0 Å². The molecule has 0 spiro atoms. The number of likely N-dealkylation sites (N-methyl/N-ethyl adjacent to an activating group) is 1. The highest BCUT2D eigenvalue weighted by Crippen LogP contribution is 2.28. The van der Waals surface area contributed by atoms with Gasteiger partial charge < -0.3 is 19.4 Å². The number of carbonyl (C=O) groups excluding carboxylic acids is 1. The first-order valence-electron chi connectivity index (χ1n) is 7.40. The smallest absolute Gasteiger partial charge is 0.282 e. The maximum Gasteiger partial charge on any atom is 0.282 e. The van der Waals surface area contributed by atoms with Crippen LogP contribution < -0.4 is 15.0 Å². The summed E-state index contributed by atoms with van der Waals surface area (Å²) in [5.41, 5.74) is 0.296. The summed E-state index contributed by atoms with van der Waals surface area (Å²) in [5.74, 6) is 0.819. The Hall–Kier alpha value is -2.87. The van der Waals surface area contributed by atoms with Crippen molar-refractivity contribution in [1.29, 1.82) is 0 Å². The van der Waals surface area contributed by atoms with Crippen molar-refractivity contribution in [3.63, 3.8) is 0 Å². The van der Waals surface area contributed by atoms with E-state index in [1.54, 1.807) is 19.3 Å². The van der Waals surface area contributed by atoms with E-state index < -0.39 is 4.92 Å². The fourth-order valence-electron chi connectivity index (χ4n) is 2.20. The van der Waals surface area contributed by atoms with Crippen LogP contribution in [0.25, 0.3) is 0 Å². The Morgan fingerprint density at radius 2 is 2.21 bits per heavy atom. The molecule has 8 heteroatoms. The maximum atomic E-state index is 12.4. The second kappa shape index (κ2) is 7.60. The van der Waals surface area contributed by atoms with Gasteiger partial charge >= 0.3 is 0 Å². The summed E-state index contributed by atoms with van der Waals surface area (Å²) >= 11 is 0. The number of ether oxygens (including phenoxy) is 1. The van der Waals surface area contributed by atoms with Crippen LogP contribution in [0.3, 0.4) is 0 Å². The van der Waals surface area contributed by atoms with Gasteiger partial charge in [-0.25, -0.2) is 0 Å². The van der Waals surface area contributed by atoms with Crippen LogP contribution in [-0.2, 0) is 11.3 Å². The molecule has 1 amide bonds. The molecule has 0 saturated carbocycles. The van der Waals surface area contributed by atoms with Crippen molar-refractivity contribution in [2.24, 2.45) is 0 Å². The monoisotopic (exact) mass is 334 g/mol. The van der Waals surface area contributed by atoms with E-state index in [4.69, 9.17) is 9.15 Å². The Morgan fingerprint density at radius 1 is 1.46 bits per heavy atom. The lowest BCUT2D eigenvalue weighted by atomic mass is 10.2. The molecule has 0 fully saturated rings. The maximum absolute atomic E-state index is 12.4. The van der Waals surface area contributed by atoms with Crippen LogP contribution in [0.1, 0.15) is 12.7 Å². The highest BCUT2D eigenvalue weighted by atomic mass is 16.6. The average Bonchev–Trinajstić information content (AvgIpc) is 3.07. The SMILES string of the molecule is COc1cc([N+](=O)[O-])ccc1NC(=O)[C@@H](C)[NH+](C)Cc1ccco1. The number of nitro groups is 1. The number of rotatable bonds is 7. The van der Waals surface area contributed by atoms with Crippen molar-refractivity contribution in [2.45, 2.75) is 19.5 Å². The summed E-state index contributed by atoms with van der Waals surface area (Å²) in [7, 11) is 3.28. The molecule has 2 rings (SSSR count). The third-order valence-corrected chi connectivity index (χ3v) is 3.82. The number of methoxy groups -OCH3 is 1. The van der Waals surface area contributed by atoms with Gasteiger partial charge in [-0.2, -0.15) is 0 Å². The van der Waals surface area contributed by atoms with Gasteiger partial charge in [0, 0.05) is 6.07 Å². The number of quaternary nitrogens is 1. The molecule has 0 aliphatic heterocycles. The zero-order valence-corrected chi connectivity index (χ0v) is 13.7. The fourth-order valence-corrected chi connectivity index (χ4v) is 2.20. The molecule has 1 aromatic carbocycles. The van der Waals surface area contributed by atoms with Crippen molar-refractivity contribution in [2.75, 3.05) is 19.5 Å². The largest absolute Gasteiger partial charge is 0.494 e. The number of nitrogens with one attached hydrogen (secondary N) is 2. The van der Waals surface area contributed by atoms with E-state index >= 15 is 0 Å². The summed E-state index contributed by atoms with van der Waals surface area (Å²) in [6, 6.07) is 7.36. The van der Waals surface area contributed by atoms with Crippen LogP contribution in [0.15, 0.2) is 41.0 Å². The summed E-state index contributed by atoms with van der Waals surface area (Å²) in [6.07, 6.45) is 1.59. The lowest BCUT2D eigenvalue weighted by Gasteiger charge is -2.20. The Morgan fingerprint density at radius 3 is 2.79 bits per heavy atom. The quantitative estimate of drug-likeness (QED) is 0.586. The number of nitro benzene ring substituents is 1. The predicted molar refractivity (Wildman–Crippen MR) is 87.0 cm³/mol. The van der Waals surface area contributed by atoms with E-state index in [1.807, 2.05) is 13.1 Å². The Bertz CT molecular complexity index is 715. The molecule has 1 heterocycles. The summed E-state index contributed by atoms with van der Waals surface area (Å²) in [4.78, 5) is 23.7. The standard InChI is InChI=1S/C16H19N3O5/c1-11(18(2)10-13-5-4-8-24-13)16(20)17-14-7-6-12(19(21)22)9-15(14)23-3/h4-9,11H,10H2,1-3H3,(H,17,20)/p+1/t11-/m1/s1. The summed E-state index contributed by atoms with van der Waals surface area (Å²) < 4.78 is 10.4. The Labute approximate surface area is 139 Å². The first-order chi connectivity index (χ1) is 11.4. The minimum absolute atomic E-state index is 0.0986. The van der Waals surface area contributed by atoms with E-state index in [2.05, 4.69) is 5.32 Å². The average molecular weight is 334 g/mol. The second-order valence-corrected chi connectivity index (χ2v) is 5.46. The highest BCUT2D eigenvalue weighted by molar-refractivity contribution is 5.95. The third-order valence-electron chi connectivity index (χ3n) is 3.82. The molecule has 0 saturated heterocycles. The molecule has 2 aromatic rings. The lowest BCUT2D eigenvalue weighted by molar-refractivity contribution is -0.908. The van der Waals surface area contributed by atoms with Gasteiger partial charge in [0.25, 0.3) is 11.6 Å². The molecule has 2 atom stereocenters. The molecule has 1 unspecified atom stereocenters. The van der Waals surface area contributed by atoms with Crippen molar-refractivity contribution >= 4 is 17.3 Å². The second-order valence-electron chi connectivity index (χ2n) is 5.46. The van der Waals surface area contributed by atoms with E-state index in [1.165, 1.54) is 25.3 Å². The van der Waals surface area contributed by atoms with Crippen LogP contribution in [0.5, 0.6) is 5.75 Å². The normalized spacial score (nSPS) is 13.1. The molecular weight excluding hydrogens is 314 g/mol. The molecule has 0 aliphatic carbocycles. The van der Waals surface area contributed by atoms with E-state index in [0.29, 0.717) is 12.2 Å². The minimum atomic E-state index is -0.516. The molecule has 2 N–H and O–H groups in total. The fraction of sp³-hybridized carbons (Fsp3) is 0.312. The van der Waals surface area contributed by atoms with Gasteiger partial charge in [-0.3, -0.25) is 14.9 Å². The van der Waals surface area contributed by atoms with Gasteiger partial charge in [-0.15, -0.1) is 0 Å². The number of benzene rings is 1. The Kier molecular flexibility index (Phi) is 5.54. The molecule has 0 bridgehead atoms. The van der Waals surface area contributed by atoms with Crippen LogP contribution in [0.4, 0.5) is 11.4 Å². The first kappa shape index (κ1) is 17.5. The molecule has 1 aromatic heterocycles. The summed E-state index contributed by atoms with van der Waals surface area (Å²) in [5, 5.41) is 13.6. The number of hydrogen-bond donors (Lipinski definition) is 2. The van der Waals surface area contributed by atoms with Crippen molar-refractivity contribution in [3.8, 4) is 5.75 Å². The number of anilines is 1. The van der Waals surface area contributed by atoms with Gasteiger partial charge in [-0.1, -0.05) is 0 Å². The van der Waals surface area contributed by atoms with E-state index in [0.717, 1.165) is 10.7 Å². The van der Waals surface area contributed by atoms with Crippen molar-refractivity contribution in [1.82, 2.24) is 0 Å². The van der Waals surface area contributed by atoms with Crippen molar-refractivity contribution in [3.05, 3.63) is 52.5 Å². The molecule has 0 aliphatic rings. The molecule has 128 valence electrons. The Balaban J connectivity index is 2.06. The molecule has 24 heavy (non-hydrogen) atoms. The number of nitrogens with zero attached hydrogens (tertiary/aromatic N) is 1. The van der Waals surface area contributed by atoms with Crippen LogP contribution in [0, 0.1) is 10.1 Å². The molecular formula is C16H20N3O5+. The predicted octanol–water partition coefficient (Wildman–Crippen LogP) is 1.24. The van der Waals surface area contributed by atoms with Gasteiger partial charge in [0.05, 0.1) is 37.1 Å². The molecule has 8 nitrogen and oxygen atoms in total. The number of carbonyl (C=O) groups is 1. The van der Waals surface area contributed by atoms with Crippen LogP contribution in [0.2, 0.25) is 0 Å². The highest BCUT2D eigenvalue weighted by Gasteiger charge is 2.24. The van der Waals surface area contributed by atoms with E-state index in [-0.39, 0.29) is 23.4 Å². The number of non-ortho nitro benzene ring substituents is 1. The number of hydrogen-bond acceptors (Lipinski definition) is 5. The molecule has 0 radical (unpaired) electrons. The van der Waals surface area contributed by atoms with Gasteiger partial charge in [0.2, 0.25) is 0 Å². The summed E-state index contributed by atoms with van der Waals surface area (Å²) in [6.45, 7) is 2.37. The third kappa shape index (κ3) is 4.11. The van der Waals surface area contributed by atoms with Gasteiger partial charge in [0.1, 0.15) is 12.3 Å². The zero-order valence-electron chi connectivity index (χ0n) is 13.7. The van der Waals surface area contributed by atoms with Crippen molar-refractivity contribution < 1.29 is 23.8 Å². The van der Waals surface area contributed by atoms with E-state index in [9.17, 15) is 14.9 Å². The van der Waals surface area contributed by atoms with Gasteiger partial charge in [-0.05, 0) is 25.1 Å². The van der Waals surface area contributed by atoms with Gasteiger partial charge in [0.15, 0.2) is 11.8 Å². The number of amides is 1. The minimum Gasteiger partial charge on any atom is -0.494 e. The van der Waals surface area contributed by atoms with Crippen LogP contribution >= 0.6 is 0 Å².